The van der Waals surface area contributed by atoms with Gasteiger partial charge < -0.3 is 9.79 Å². The molecule has 0 saturated carbocycles. The summed E-state index contributed by atoms with van der Waals surface area (Å²) in [6.45, 7) is 0. The van der Waals surface area contributed by atoms with E-state index in [1.807, 2.05) is 0 Å². The Hall–Kier alpha value is 0.620. The Balaban J connectivity index is 3.47. The molecule has 0 saturated heterocycles. The van der Waals surface area contributed by atoms with Gasteiger partial charge in [0.15, 0.2) is 0 Å². The summed E-state index contributed by atoms with van der Waals surface area (Å²) >= 11 is 2.22. The second-order valence-electron chi connectivity index (χ2n) is 1.81. The molecule has 0 spiro atoms. The summed E-state index contributed by atoms with van der Waals surface area (Å²) in [7, 11) is -3.89. The third-order valence-corrected chi connectivity index (χ3v) is 2.17. The van der Waals surface area contributed by atoms with Crippen molar-refractivity contribution < 1.29 is 14.4 Å². The van der Waals surface area contributed by atoms with Crippen molar-refractivity contribution in [2.45, 2.75) is 12.8 Å². The van der Waals surface area contributed by atoms with Crippen molar-refractivity contribution in [3.8, 4) is 0 Å². The van der Waals surface area contributed by atoms with Crippen molar-refractivity contribution in [1.29, 1.82) is 0 Å². The van der Waals surface area contributed by atoms with Crippen LogP contribution in [0.2, 0.25) is 0 Å². The van der Waals surface area contributed by atoms with Gasteiger partial charge in [-0.3, -0.25) is 4.57 Å². The summed E-state index contributed by atoms with van der Waals surface area (Å²) in [5.41, 5.74) is 0. The van der Waals surface area contributed by atoms with Gasteiger partial charge in [-0.25, -0.2) is 0 Å². The first kappa shape index (κ1) is 10.6. The van der Waals surface area contributed by atoms with Crippen molar-refractivity contribution in [3.05, 3.63) is 11.9 Å². The Kier molecular flexibility index (Phi) is 5.62. The van der Waals surface area contributed by atoms with Crippen LogP contribution in [-0.4, -0.2) is 14.2 Å². The number of hydrogen-bond donors (Lipinski definition) is 2. The van der Waals surface area contributed by atoms with E-state index in [4.69, 9.17) is 9.79 Å². The third-order valence-electron chi connectivity index (χ3n) is 0.804. The summed E-state index contributed by atoms with van der Waals surface area (Å²) in [5.74, 6) is 0.958. The lowest BCUT2D eigenvalue weighted by molar-refractivity contribution is 0.386. The molecule has 0 aromatic heterocycles. The number of alkyl halides is 1. The van der Waals surface area contributed by atoms with E-state index in [2.05, 4.69) is 22.6 Å². The molecule has 0 aliphatic carbocycles. The highest BCUT2D eigenvalue weighted by molar-refractivity contribution is 14.1. The van der Waals surface area contributed by atoms with Crippen LogP contribution in [0.4, 0.5) is 0 Å². The molecular weight excluding hydrogens is 266 g/mol. The Bertz CT molecular complexity index is 151. The zero-order valence-electron chi connectivity index (χ0n) is 5.40. The number of rotatable bonds is 4. The molecule has 0 amide bonds. The van der Waals surface area contributed by atoms with Crippen LogP contribution in [-0.2, 0) is 4.57 Å². The molecule has 0 unspecified atom stereocenters. The van der Waals surface area contributed by atoms with Gasteiger partial charge in [0.2, 0.25) is 0 Å². The Labute approximate surface area is 73.8 Å². The van der Waals surface area contributed by atoms with Gasteiger partial charge in [-0.15, -0.1) is 0 Å². The molecule has 0 bridgehead atoms. The highest BCUT2D eigenvalue weighted by Crippen LogP contribution is 2.36. The standard InChI is InChI=1S/C5H10IO3P/c6-4-2-1-3-5-10(7,8)9/h3,5H,1-2,4H2,(H2,7,8,9)/b5-3+. The fourth-order valence-electron chi connectivity index (χ4n) is 0.407. The molecule has 0 aromatic rings. The topological polar surface area (TPSA) is 57.5 Å². The van der Waals surface area contributed by atoms with Gasteiger partial charge in [0, 0.05) is 5.82 Å². The van der Waals surface area contributed by atoms with Gasteiger partial charge >= 0.3 is 7.60 Å². The molecule has 5 heteroatoms. The van der Waals surface area contributed by atoms with Crippen LogP contribution in [0.1, 0.15) is 12.8 Å². The molecule has 0 aliphatic heterocycles. The summed E-state index contributed by atoms with van der Waals surface area (Å²) < 4.78 is 11.2. The maximum Gasteiger partial charge on any atom is 0.348 e. The zero-order chi connectivity index (χ0) is 8.04. The van der Waals surface area contributed by atoms with Crippen LogP contribution in [0.3, 0.4) is 0 Å². The first-order valence-corrected chi connectivity index (χ1v) is 6.06. The maximum atomic E-state index is 10.2. The van der Waals surface area contributed by atoms with Crippen molar-refractivity contribution in [2.24, 2.45) is 0 Å². The lowest BCUT2D eigenvalue weighted by Gasteiger charge is -1.92. The van der Waals surface area contributed by atoms with Crippen molar-refractivity contribution in [2.75, 3.05) is 4.43 Å². The average Bonchev–Trinajstić information content (AvgIpc) is 1.78. The zero-order valence-corrected chi connectivity index (χ0v) is 8.46. The molecule has 0 aliphatic rings. The van der Waals surface area contributed by atoms with Crippen LogP contribution in [0.25, 0.3) is 0 Å². The van der Waals surface area contributed by atoms with Crippen LogP contribution in [0.5, 0.6) is 0 Å². The van der Waals surface area contributed by atoms with E-state index >= 15 is 0 Å². The van der Waals surface area contributed by atoms with Crippen LogP contribution in [0.15, 0.2) is 11.9 Å². The number of hydrogen-bond acceptors (Lipinski definition) is 1. The second-order valence-corrected chi connectivity index (χ2v) is 4.36. The summed E-state index contributed by atoms with van der Waals surface area (Å²) in [6, 6.07) is 0. The van der Waals surface area contributed by atoms with E-state index in [0.717, 1.165) is 23.1 Å². The highest BCUT2D eigenvalue weighted by Gasteiger charge is 2.03. The van der Waals surface area contributed by atoms with Gasteiger partial charge in [0.1, 0.15) is 0 Å². The average molecular weight is 276 g/mol. The molecular formula is C5H10IO3P. The minimum absolute atomic E-state index is 0.744. The predicted octanol–water partition coefficient (Wildman–Crippen LogP) is 1.89. The van der Waals surface area contributed by atoms with Crippen LogP contribution in [0, 0.1) is 0 Å². The molecule has 60 valence electrons. The van der Waals surface area contributed by atoms with E-state index in [1.54, 1.807) is 0 Å². The van der Waals surface area contributed by atoms with Gasteiger partial charge in [-0.05, 0) is 17.3 Å². The lowest BCUT2D eigenvalue weighted by Crippen LogP contribution is -1.72. The van der Waals surface area contributed by atoms with Crippen LogP contribution >= 0.6 is 30.2 Å². The fraction of sp³-hybridized carbons (Fsp3) is 0.600. The maximum absolute atomic E-state index is 10.2. The number of allylic oxidation sites excluding steroid dienone is 1. The molecule has 0 atom stereocenters. The van der Waals surface area contributed by atoms with Gasteiger partial charge in [-0.2, -0.15) is 0 Å². The molecule has 0 radical (unpaired) electrons. The third kappa shape index (κ3) is 8.62. The predicted molar refractivity (Wildman–Crippen MR) is 49.3 cm³/mol. The molecule has 2 N–H and O–H groups in total. The van der Waals surface area contributed by atoms with E-state index in [1.165, 1.54) is 6.08 Å². The Morgan fingerprint density at radius 1 is 1.50 bits per heavy atom. The van der Waals surface area contributed by atoms with Gasteiger partial charge in [0.05, 0.1) is 0 Å². The molecule has 10 heavy (non-hydrogen) atoms. The SMILES string of the molecule is O=P(O)(O)/C=C/CCCI. The van der Waals surface area contributed by atoms with Gasteiger partial charge in [-0.1, -0.05) is 28.7 Å². The van der Waals surface area contributed by atoms with E-state index < -0.39 is 7.60 Å². The largest absolute Gasteiger partial charge is 0.348 e. The van der Waals surface area contributed by atoms with Crippen molar-refractivity contribution in [3.63, 3.8) is 0 Å². The molecule has 0 heterocycles. The normalized spacial score (nSPS) is 12.7. The van der Waals surface area contributed by atoms with E-state index in [9.17, 15) is 4.57 Å². The summed E-state index contributed by atoms with van der Waals surface area (Å²) in [4.78, 5) is 16.7. The quantitative estimate of drug-likeness (QED) is 0.357. The first-order valence-electron chi connectivity index (χ1n) is 2.85. The monoisotopic (exact) mass is 276 g/mol. The fourth-order valence-corrected chi connectivity index (χ4v) is 1.27. The molecule has 0 aromatic carbocycles. The minimum atomic E-state index is -3.89. The molecule has 0 fully saturated rings. The Morgan fingerprint density at radius 2 is 2.10 bits per heavy atom. The first-order chi connectivity index (χ1) is 4.56. The van der Waals surface area contributed by atoms with E-state index in [-0.39, 0.29) is 0 Å². The van der Waals surface area contributed by atoms with Crippen molar-refractivity contribution in [1.82, 2.24) is 0 Å². The Morgan fingerprint density at radius 3 is 2.50 bits per heavy atom. The van der Waals surface area contributed by atoms with Crippen molar-refractivity contribution >= 4 is 30.2 Å². The van der Waals surface area contributed by atoms with E-state index in [0.29, 0.717) is 0 Å². The van der Waals surface area contributed by atoms with Gasteiger partial charge in [0.25, 0.3) is 0 Å². The lowest BCUT2D eigenvalue weighted by atomic mass is 10.3. The summed E-state index contributed by atoms with van der Waals surface area (Å²) in [5, 5.41) is 0. The smallest absolute Gasteiger partial charge is 0.321 e. The molecule has 0 rings (SSSR count). The second kappa shape index (κ2) is 5.29. The minimum Gasteiger partial charge on any atom is -0.321 e. The molecule has 3 nitrogen and oxygen atoms in total. The summed E-state index contributed by atoms with van der Waals surface area (Å²) in [6.07, 6.45) is 3.24. The number of halogens is 1. The number of unbranched alkanes of at least 4 members (excludes halogenated alkanes) is 1. The van der Waals surface area contributed by atoms with Crippen LogP contribution < -0.4 is 0 Å². The highest BCUT2D eigenvalue weighted by atomic mass is 127.